The summed E-state index contributed by atoms with van der Waals surface area (Å²) >= 11 is 0. The van der Waals surface area contributed by atoms with Crippen LogP contribution in [-0.2, 0) is 24.2 Å². The minimum atomic E-state index is 0.196. The summed E-state index contributed by atoms with van der Waals surface area (Å²) in [7, 11) is 1.92. The molecule has 116 valence electrons. The van der Waals surface area contributed by atoms with Crippen molar-refractivity contribution in [3.63, 3.8) is 0 Å². The lowest BCUT2D eigenvalue weighted by Crippen LogP contribution is -2.36. The fraction of sp³-hybridized carbons (Fsp3) is 0.444. The topological polar surface area (TPSA) is 38.1 Å². The molecular formula is C18H23N3O. The van der Waals surface area contributed by atoms with E-state index in [2.05, 4.69) is 28.6 Å². The van der Waals surface area contributed by atoms with Gasteiger partial charge in [-0.25, -0.2) is 4.98 Å². The van der Waals surface area contributed by atoms with Gasteiger partial charge in [0.15, 0.2) is 0 Å². The first-order valence-electron chi connectivity index (χ1n) is 7.91. The third kappa shape index (κ3) is 3.38. The van der Waals surface area contributed by atoms with Crippen LogP contribution in [-0.4, -0.2) is 34.0 Å². The second-order valence-corrected chi connectivity index (χ2v) is 6.34. The number of hydrogen-bond acceptors (Lipinski definition) is 2. The molecule has 0 fully saturated rings. The minimum absolute atomic E-state index is 0.196. The van der Waals surface area contributed by atoms with Crippen LogP contribution >= 0.6 is 0 Å². The summed E-state index contributed by atoms with van der Waals surface area (Å²) in [6, 6.07) is 8.18. The molecule has 0 bridgehead atoms. The van der Waals surface area contributed by atoms with Crippen molar-refractivity contribution in [2.45, 2.75) is 32.7 Å². The van der Waals surface area contributed by atoms with Gasteiger partial charge in [-0.2, -0.15) is 0 Å². The van der Waals surface area contributed by atoms with Crippen LogP contribution in [0.4, 0.5) is 0 Å². The zero-order valence-corrected chi connectivity index (χ0v) is 13.3. The van der Waals surface area contributed by atoms with Crippen molar-refractivity contribution < 1.29 is 4.79 Å². The first kappa shape index (κ1) is 14.8. The number of hydrogen-bond donors (Lipinski definition) is 0. The molecule has 1 amide bonds. The molecule has 1 aromatic carbocycles. The van der Waals surface area contributed by atoms with Crippen molar-refractivity contribution in [2.75, 3.05) is 13.6 Å². The van der Waals surface area contributed by atoms with Gasteiger partial charge in [-0.15, -0.1) is 0 Å². The van der Waals surface area contributed by atoms with E-state index in [1.54, 1.807) is 0 Å². The summed E-state index contributed by atoms with van der Waals surface area (Å²) in [6.45, 7) is 3.85. The number of rotatable bonds is 4. The maximum absolute atomic E-state index is 12.4. The third-order valence-corrected chi connectivity index (χ3v) is 4.43. The molecule has 0 saturated heterocycles. The summed E-state index contributed by atoms with van der Waals surface area (Å²) in [5.41, 5.74) is 2.30. The van der Waals surface area contributed by atoms with E-state index in [0.717, 1.165) is 31.5 Å². The van der Waals surface area contributed by atoms with E-state index in [9.17, 15) is 4.79 Å². The molecule has 0 aliphatic carbocycles. The molecule has 1 aromatic heterocycles. The summed E-state index contributed by atoms with van der Waals surface area (Å²) in [4.78, 5) is 18.6. The summed E-state index contributed by atoms with van der Waals surface area (Å²) in [5.74, 6) is 1.89. The second-order valence-electron chi connectivity index (χ2n) is 6.34. The van der Waals surface area contributed by atoms with E-state index in [-0.39, 0.29) is 5.91 Å². The monoisotopic (exact) mass is 297 g/mol. The Hall–Kier alpha value is -2.10. The van der Waals surface area contributed by atoms with Gasteiger partial charge in [0.25, 0.3) is 0 Å². The molecule has 1 unspecified atom stereocenters. The number of likely N-dealkylation sites (N-methyl/N-ethyl adjacent to an activating group) is 1. The minimum Gasteiger partial charge on any atom is -0.345 e. The Labute approximate surface area is 131 Å². The van der Waals surface area contributed by atoms with Gasteiger partial charge < -0.3 is 9.47 Å². The molecule has 0 spiro atoms. The Balaban J connectivity index is 1.55. The number of aryl methyl sites for hydroxylation is 2. The standard InChI is InChI=1S/C18H23N3O/c1-14-4-3-5-15(10-14)11-18(22)20(2)12-16-6-7-17-19-8-9-21(17)13-16/h3-5,8-10,16H,6-7,11-13H2,1-2H3. The largest absolute Gasteiger partial charge is 0.345 e. The first-order chi connectivity index (χ1) is 10.6. The van der Waals surface area contributed by atoms with Crippen LogP contribution in [0.25, 0.3) is 0 Å². The predicted molar refractivity (Wildman–Crippen MR) is 86.6 cm³/mol. The number of carbonyl (C=O) groups excluding carboxylic acids is 1. The van der Waals surface area contributed by atoms with Gasteiger partial charge in [0, 0.05) is 39.0 Å². The molecule has 2 heterocycles. The quantitative estimate of drug-likeness (QED) is 0.869. The number of fused-ring (bicyclic) bond motifs is 1. The molecule has 4 nitrogen and oxygen atoms in total. The molecule has 3 rings (SSSR count). The number of amides is 1. The molecule has 2 aromatic rings. The lowest BCUT2D eigenvalue weighted by Gasteiger charge is -2.28. The zero-order valence-electron chi connectivity index (χ0n) is 13.3. The van der Waals surface area contributed by atoms with E-state index < -0.39 is 0 Å². The van der Waals surface area contributed by atoms with Crippen LogP contribution in [0.15, 0.2) is 36.7 Å². The lowest BCUT2D eigenvalue weighted by atomic mass is 9.98. The van der Waals surface area contributed by atoms with Crippen molar-refractivity contribution in [2.24, 2.45) is 5.92 Å². The van der Waals surface area contributed by atoms with Crippen LogP contribution in [0.1, 0.15) is 23.4 Å². The lowest BCUT2D eigenvalue weighted by molar-refractivity contribution is -0.129. The molecule has 1 aliphatic heterocycles. The van der Waals surface area contributed by atoms with E-state index in [1.807, 2.05) is 36.5 Å². The average molecular weight is 297 g/mol. The maximum atomic E-state index is 12.4. The van der Waals surface area contributed by atoms with Gasteiger partial charge >= 0.3 is 0 Å². The van der Waals surface area contributed by atoms with Crippen LogP contribution in [0.3, 0.4) is 0 Å². The smallest absolute Gasteiger partial charge is 0.226 e. The van der Waals surface area contributed by atoms with E-state index in [1.165, 1.54) is 11.4 Å². The normalized spacial score (nSPS) is 17.1. The van der Waals surface area contributed by atoms with Crippen LogP contribution in [0.5, 0.6) is 0 Å². The number of aromatic nitrogens is 2. The zero-order chi connectivity index (χ0) is 15.5. The number of carbonyl (C=O) groups is 1. The molecule has 0 saturated carbocycles. The van der Waals surface area contributed by atoms with Crippen molar-refractivity contribution in [3.8, 4) is 0 Å². The van der Waals surface area contributed by atoms with E-state index in [0.29, 0.717) is 12.3 Å². The highest BCUT2D eigenvalue weighted by Gasteiger charge is 2.21. The maximum Gasteiger partial charge on any atom is 0.226 e. The molecule has 1 atom stereocenters. The van der Waals surface area contributed by atoms with Gasteiger partial charge in [-0.05, 0) is 24.8 Å². The van der Waals surface area contributed by atoms with Crippen LogP contribution < -0.4 is 0 Å². The number of nitrogens with zero attached hydrogens (tertiary/aromatic N) is 3. The van der Waals surface area contributed by atoms with E-state index in [4.69, 9.17) is 0 Å². The van der Waals surface area contributed by atoms with Crippen molar-refractivity contribution in [3.05, 3.63) is 53.6 Å². The second kappa shape index (κ2) is 6.34. The summed E-state index contributed by atoms with van der Waals surface area (Å²) in [5, 5.41) is 0. The van der Waals surface area contributed by atoms with Crippen molar-refractivity contribution in [1.82, 2.24) is 14.5 Å². The fourth-order valence-corrected chi connectivity index (χ4v) is 3.21. The molecule has 0 N–H and O–H groups in total. The highest BCUT2D eigenvalue weighted by molar-refractivity contribution is 5.78. The van der Waals surface area contributed by atoms with Gasteiger partial charge in [-0.1, -0.05) is 29.8 Å². The predicted octanol–water partition coefficient (Wildman–Crippen LogP) is 2.46. The third-order valence-electron chi connectivity index (χ3n) is 4.43. The van der Waals surface area contributed by atoms with Gasteiger partial charge in [0.2, 0.25) is 5.91 Å². The molecule has 22 heavy (non-hydrogen) atoms. The molecule has 1 aliphatic rings. The van der Waals surface area contributed by atoms with E-state index >= 15 is 0 Å². The fourth-order valence-electron chi connectivity index (χ4n) is 3.21. The van der Waals surface area contributed by atoms with Gasteiger partial charge in [0.1, 0.15) is 5.82 Å². The Morgan fingerprint density at radius 3 is 3.14 bits per heavy atom. The average Bonchev–Trinajstić information content (AvgIpc) is 2.94. The summed E-state index contributed by atoms with van der Waals surface area (Å²) < 4.78 is 2.22. The van der Waals surface area contributed by atoms with Gasteiger partial charge in [-0.3, -0.25) is 4.79 Å². The molecule has 4 heteroatoms. The van der Waals surface area contributed by atoms with Crippen molar-refractivity contribution in [1.29, 1.82) is 0 Å². The Bertz CT molecular complexity index is 662. The Kier molecular flexibility index (Phi) is 4.27. The van der Waals surface area contributed by atoms with Crippen molar-refractivity contribution >= 4 is 5.91 Å². The van der Waals surface area contributed by atoms with Gasteiger partial charge in [0.05, 0.1) is 6.42 Å². The Morgan fingerprint density at radius 1 is 1.45 bits per heavy atom. The van der Waals surface area contributed by atoms with Crippen LogP contribution in [0, 0.1) is 12.8 Å². The van der Waals surface area contributed by atoms with Crippen LogP contribution in [0.2, 0.25) is 0 Å². The highest BCUT2D eigenvalue weighted by Crippen LogP contribution is 2.19. The SMILES string of the molecule is Cc1cccc(CC(=O)N(C)CC2CCc3nccn3C2)c1. The Morgan fingerprint density at radius 2 is 2.32 bits per heavy atom. The molecule has 0 radical (unpaired) electrons. The number of benzene rings is 1. The summed E-state index contributed by atoms with van der Waals surface area (Å²) in [6.07, 6.45) is 6.51. The number of imidazole rings is 1. The first-order valence-corrected chi connectivity index (χ1v) is 7.91. The molecular weight excluding hydrogens is 274 g/mol. The highest BCUT2D eigenvalue weighted by atomic mass is 16.2.